The van der Waals surface area contributed by atoms with Crippen molar-refractivity contribution in [2.75, 3.05) is 12.4 Å². The van der Waals surface area contributed by atoms with Crippen molar-refractivity contribution in [1.82, 2.24) is 4.98 Å². The lowest BCUT2D eigenvalue weighted by atomic mass is 10.0. The number of anilines is 1. The van der Waals surface area contributed by atoms with Crippen molar-refractivity contribution < 1.29 is 13.2 Å². The summed E-state index contributed by atoms with van der Waals surface area (Å²) in [5, 5.41) is 3.14. The minimum atomic E-state index is -4.35. The molecule has 0 aliphatic heterocycles. The van der Waals surface area contributed by atoms with Gasteiger partial charge in [-0.05, 0) is 48.6 Å². The molecular weight excluding hydrogens is 301 g/mol. The lowest BCUT2D eigenvalue weighted by Gasteiger charge is -2.11. The summed E-state index contributed by atoms with van der Waals surface area (Å²) < 4.78 is 38.3. The van der Waals surface area contributed by atoms with Gasteiger partial charge in [0.15, 0.2) is 0 Å². The Hall–Kier alpha value is -2.30. The van der Waals surface area contributed by atoms with E-state index >= 15 is 0 Å². The average molecular weight is 318 g/mol. The van der Waals surface area contributed by atoms with Crippen molar-refractivity contribution >= 4 is 17.8 Å². The first-order chi connectivity index (χ1) is 11.0. The maximum Gasteiger partial charge on any atom is 0.416 e. The van der Waals surface area contributed by atoms with Crippen LogP contribution in [0, 0.1) is 0 Å². The van der Waals surface area contributed by atoms with Gasteiger partial charge in [0.2, 0.25) is 0 Å². The number of hydrogen-bond donors (Lipinski definition) is 1. The minimum absolute atomic E-state index is 0.299. The molecule has 1 saturated carbocycles. The molecule has 1 aromatic heterocycles. The molecule has 1 aliphatic rings. The molecule has 5 heteroatoms. The van der Waals surface area contributed by atoms with E-state index in [1.54, 1.807) is 6.08 Å². The second-order valence-corrected chi connectivity index (χ2v) is 5.63. The lowest BCUT2D eigenvalue weighted by molar-refractivity contribution is -0.137. The number of pyridine rings is 1. The van der Waals surface area contributed by atoms with E-state index in [-0.39, 0.29) is 0 Å². The van der Waals surface area contributed by atoms with Crippen LogP contribution in [0.5, 0.6) is 0 Å². The Morgan fingerprint density at radius 1 is 1.17 bits per heavy atom. The Morgan fingerprint density at radius 3 is 2.61 bits per heavy atom. The maximum atomic E-state index is 12.8. The van der Waals surface area contributed by atoms with Crippen molar-refractivity contribution in [2.45, 2.75) is 24.9 Å². The highest BCUT2D eigenvalue weighted by Crippen LogP contribution is 2.43. The minimum Gasteiger partial charge on any atom is -0.388 e. The topological polar surface area (TPSA) is 24.9 Å². The zero-order valence-corrected chi connectivity index (χ0v) is 12.7. The summed E-state index contributed by atoms with van der Waals surface area (Å²) in [6, 6.07) is 8.09. The summed E-state index contributed by atoms with van der Waals surface area (Å²) in [4.78, 5) is 4.01. The van der Waals surface area contributed by atoms with E-state index in [2.05, 4.69) is 16.4 Å². The van der Waals surface area contributed by atoms with Gasteiger partial charge in [-0.25, -0.2) is 0 Å². The number of nitrogens with zero attached hydrogens (tertiary/aromatic N) is 1. The largest absolute Gasteiger partial charge is 0.416 e. The molecule has 1 heterocycles. The average Bonchev–Trinajstić information content (AvgIpc) is 3.37. The highest BCUT2D eigenvalue weighted by Gasteiger charge is 2.30. The third-order valence-corrected chi connectivity index (χ3v) is 3.96. The van der Waals surface area contributed by atoms with Crippen LogP contribution in [-0.2, 0) is 6.18 Å². The lowest BCUT2D eigenvalue weighted by Crippen LogP contribution is -2.05. The maximum absolute atomic E-state index is 12.8. The van der Waals surface area contributed by atoms with Crippen LogP contribution in [0.4, 0.5) is 18.9 Å². The molecular formula is C18H17F3N2. The number of halogens is 3. The Balaban J connectivity index is 1.94. The van der Waals surface area contributed by atoms with Crippen LogP contribution < -0.4 is 5.32 Å². The molecule has 0 bridgehead atoms. The van der Waals surface area contributed by atoms with Gasteiger partial charge in [0.25, 0.3) is 0 Å². The van der Waals surface area contributed by atoms with E-state index in [9.17, 15) is 13.2 Å². The van der Waals surface area contributed by atoms with Crippen LogP contribution in [0.25, 0.3) is 12.2 Å². The molecule has 120 valence electrons. The zero-order chi connectivity index (χ0) is 16.4. The normalized spacial score (nSPS) is 15.1. The number of benzene rings is 1. The third kappa shape index (κ3) is 3.55. The van der Waals surface area contributed by atoms with E-state index in [4.69, 9.17) is 0 Å². The van der Waals surface area contributed by atoms with Crippen molar-refractivity contribution in [2.24, 2.45) is 0 Å². The van der Waals surface area contributed by atoms with Gasteiger partial charge in [-0.2, -0.15) is 13.2 Å². The SMILES string of the molecule is CNc1cccc(C2CC2)c1/C=C/c1cc(C(F)(F)F)ccn1. The predicted octanol–water partition coefficient (Wildman–Crippen LogP) is 5.19. The van der Waals surface area contributed by atoms with Crippen LogP contribution in [-0.4, -0.2) is 12.0 Å². The van der Waals surface area contributed by atoms with Crippen molar-refractivity contribution in [1.29, 1.82) is 0 Å². The van der Waals surface area contributed by atoms with Gasteiger partial charge in [-0.3, -0.25) is 4.98 Å². The number of rotatable bonds is 4. The fraction of sp³-hybridized carbons (Fsp3) is 0.278. The molecule has 1 aliphatic carbocycles. The third-order valence-electron chi connectivity index (χ3n) is 3.96. The molecule has 3 rings (SSSR count). The summed E-state index contributed by atoms with van der Waals surface area (Å²) >= 11 is 0. The van der Waals surface area contributed by atoms with E-state index in [0.29, 0.717) is 11.6 Å². The summed E-state index contributed by atoms with van der Waals surface area (Å²) in [5.74, 6) is 0.553. The second kappa shape index (κ2) is 6.07. The summed E-state index contributed by atoms with van der Waals surface area (Å²) in [7, 11) is 1.84. The Labute approximate surface area is 133 Å². The molecule has 2 nitrogen and oxygen atoms in total. The molecule has 0 amide bonds. The fourth-order valence-electron chi connectivity index (χ4n) is 2.62. The molecule has 0 radical (unpaired) electrons. The first kappa shape index (κ1) is 15.6. The fourth-order valence-corrected chi connectivity index (χ4v) is 2.62. The predicted molar refractivity (Wildman–Crippen MR) is 86.1 cm³/mol. The second-order valence-electron chi connectivity index (χ2n) is 5.63. The highest BCUT2D eigenvalue weighted by atomic mass is 19.4. The quantitative estimate of drug-likeness (QED) is 0.839. The van der Waals surface area contributed by atoms with Gasteiger partial charge in [-0.1, -0.05) is 18.2 Å². The van der Waals surface area contributed by atoms with Gasteiger partial charge in [0.1, 0.15) is 0 Å². The van der Waals surface area contributed by atoms with Gasteiger partial charge < -0.3 is 5.32 Å². The van der Waals surface area contributed by atoms with E-state index < -0.39 is 11.7 Å². The van der Waals surface area contributed by atoms with Crippen molar-refractivity contribution in [3.8, 4) is 0 Å². The Bertz CT molecular complexity index is 731. The molecule has 1 N–H and O–H groups in total. The molecule has 1 fully saturated rings. The molecule has 23 heavy (non-hydrogen) atoms. The summed E-state index contributed by atoms with van der Waals surface area (Å²) in [6.45, 7) is 0. The molecule has 0 atom stereocenters. The molecule has 2 aromatic rings. The number of nitrogens with one attached hydrogen (secondary N) is 1. The Kier molecular flexibility index (Phi) is 4.11. The number of aromatic nitrogens is 1. The van der Waals surface area contributed by atoms with Crippen LogP contribution >= 0.6 is 0 Å². The molecule has 0 unspecified atom stereocenters. The van der Waals surface area contributed by atoms with Crippen molar-refractivity contribution in [3.05, 3.63) is 58.9 Å². The first-order valence-corrected chi connectivity index (χ1v) is 7.51. The van der Waals surface area contributed by atoms with Crippen LogP contribution in [0.1, 0.15) is 41.1 Å². The van der Waals surface area contributed by atoms with Gasteiger partial charge >= 0.3 is 6.18 Å². The van der Waals surface area contributed by atoms with Crippen molar-refractivity contribution in [3.63, 3.8) is 0 Å². The van der Waals surface area contributed by atoms with Gasteiger partial charge in [-0.15, -0.1) is 0 Å². The van der Waals surface area contributed by atoms with Gasteiger partial charge in [0, 0.05) is 24.5 Å². The summed E-state index contributed by atoms with van der Waals surface area (Å²) in [6.07, 6.45) is 2.65. The molecule has 0 spiro atoms. The summed E-state index contributed by atoms with van der Waals surface area (Å²) in [5.41, 5.74) is 2.85. The van der Waals surface area contributed by atoms with E-state index in [1.165, 1.54) is 11.8 Å². The van der Waals surface area contributed by atoms with Crippen LogP contribution in [0.3, 0.4) is 0 Å². The Morgan fingerprint density at radius 2 is 1.96 bits per heavy atom. The van der Waals surface area contributed by atoms with Gasteiger partial charge in [0.05, 0.1) is 11.3 Å². The van der Waals surface area contributed by atoms with Crippen LogP contribution in [0.15, 0.2) is 36.5 Å². The number of alkyl halides is 3. The van der Waals surface area contributed by atoms with Crippen LogP contribution in [0.2, 0.25) is 0 Å². The zero-order valence-electron chi connectivity index (χ0n) is 12.7. The highest BCUT2D eigenvalue weighted by molar-refractivity contribution is 5.78. The molecule has 0 saturated heterocycles. The van der Waals surface area contributed by atoms with E-state index in [1.807, 2.05) is 25.3 Å². The molecule has 1 aromatic carbocycles. The number of hydrogen-bond acceptors (Lipinski definition) is 2. The smallest absolute Gasteiger partial charge is 0.388 e. The standard InChI is InChI=1S/C18H17F3N2/c1-22-17-4-2-3-15(12-5-6-12)16(17)8-7-14-11-13(9-10-23-14)18(19,20)21/h2-4,7-12,22H,5-6H2,1H3/b8-7+. The van der Waals surface area contributed by atoms with E-state index in [0.717, 1.165) is 36.2 Å². The first-order valence-electron chi connectivity index (χ1n) is 7.51. The monoisotopic (exact) mass is 318 g/mol.